The third-order valence-corrected chi connectivity index (χ3v) is 1.66. The number of aldehydes is 1. The monoisotopic (exact) mass is 168 g/mol. The fourth-order valence-electron chi connectivity index (χ4n) is 0.898. The summed E-state index contributed by atoms with van der Waals surface area (Å²) in [7, 11) is 1.65. The van der Waals surface area contributed by atoms with Gasteiger partial charge in [0, 0.05) is 13.5 Å². The van der Waals surface area contributed by atoms with Crippen molar-refractivity contribution in [3.8, 4) is 0 Å². The number of H-pyrrole nitrogens is 1. The van der Waals surface area contributed by atoms with Gasteiger partial charge in [-0.2, -0.15) is 0 Å². The number of rotatable bonds is 4. The Morgan fingerprint density at radius 3 is 3.08 bits per heavy atom. The van der Waals surface area contributed by atoms with Crippen LogP contribution in [0.3, 0.4) is 0 Å². The first-order chi connectivity index (χ1) is 5.76. The van der Waals surface area contributed by atoms with Crippen LogP contribution >= 0.6 is 0 Å². The number of aromatic nitrogens is 2. The topological polar surface area (TPSA) is 55.0 Å². The molecule has 0 fully saturated rings. The molecule has 1 N–H and O–H groups in total. The summed E-state index contributed by atoms with van der Waals surface area (Å²) in [6, 6.07) is 0. The first kappa shape index (κ1) is 8.93. The van der Waals surface area contributed by atoms with E-state index in [0.29, 0.717) is 12.1 Å². The van der Waals surface area contributed by atoms with E-state index in [2.05, 4.69) is 9.97 Å². The van der Waals surface area contributed by atoms with Crippen molar-refractivity contribution >= 4 is 6.29 Å². The zero-order valence-electron chi connectivity index (χ0n) is 7.20. The predicted octanol–water partition coefficient (Wildman–Crippen LogP) is 0.800. The number of nitrogens with one attached hydrogen (secondary N) is 1. The van der Waals surface area contributed by atoms with Crippen LogP contribution in [0.1, 0.15) is 23.2 Å². The normalized spacial score (nSPS) is 12.8. The van der Waals surface area contributed by atoms with E-state index in [1.165, 1.54) is 6.20 Å². The van der Waals surface area contributed by atoms with Crippen LogP contribution in [0, 0.1) is 0 Å². The summed E-state index contributed by atoms with van der Waals surface area (Å²) in [6.07, 6.45) is 3.08. The highest BCUT2D eigenvalue weighted by Crippen LogP contribution is 2.00. The maximum absolute atomic E-state index is 10.3. The predicted molar refractivity (Wildman–Crippen MR) is 44.2 cm³/mol. The summed E-state index contributed by atoms with van der Waals surface area (Å²) in [5, 5.41) is 0. The van der Waals surface area contributed by atoms with Crippen molar-refractivity contribution in [3.05, 3.63) is 17.7 Å². The molecule has 0 amide bonds. The molecule has 1 atom stereocenters. The highest BCUT2D eigenvalue weighted by molar-refractivity contribution is 5.71. The van der Waals surface area contributed by atoms with Crippen LogP contribution < -0.4 is 0 Å². The molecule has 0 saturated carbocycles. The molecule has 4 nitrogen and oxygen atoms in total. The van der Waals surface area contributed by atoms with Crippen molar-refractivity contribution < 1.29 is 9.53 Å². The summed E-state index contributed by atoms with van der Waals surface area (Å²) in [6.45, 7) is 1.95. The third-order valence-electron chi connectivity index (χ3n) is 1.66. The van der Waals surface area contributed by atoms with E-state index in [1.807, 2.05) is 6.92 Å². The molecule has 66 valence electrons. The van der Waals surface area contributed by atoms with E-state index in [9.17, 15) is 4.79 Å². The van der Waals surface area contributed by atoms with Gasteiger partial charge in [-0.25, -0.2) is 4.98 Å². The maximum atomic E-state index is 10.3. The molecule has 0 aliphatic carbocycles. The Morgan fingerprint density at radius 2 is 2.58 bits per heavy atom. The van der Waals surface area contributed by atoms with Crippen LogP contribution in [0.4, 0.5) is 0 Å². The summed E-state index contributed by atoms with van der Waals surface area (Å²) in [5.41, 5.74) is 0.508. The van der Waals surface area contributed by atoms with Crippen molar-refractivity contribution in [2.45, 2.75) is 19.4 Å². The van der Waals surface area contributed by atoms with E-state index >= 15 is 0 Å². The molecule has 0 aromatic carbocycles. The van der Waals surface area contributed by atoms with Gasteiger partial charge in [-0.3, -0.25) is 4.79 Å². The number of hydrogen-bond acceptors (Lipinski definition) is 3. The summed E-state index contributed by atoms with van der Waals surface area (Å²) >= 11 is 0. The number of hydrogen-bond donors (Lipinski definition) is 1. The second kappa shape index (κ2) is 4.01. The molecule has 1 aromatic rings. The number of carbonyl (C=O) groups excluding carboxylic acids is 1. The zero-order valence-corrected chi connectivity index (χ0v) is 7.20. The lowest BCUT2D eigenvalue weighted by atomic mass is 10.3. The van der Waals surface area contributed by atoms with Crippen molar-refractivity contribution in [2.24, 2.45) is 0 Å². The lowest BCUT2D eigenvalue weighted by molar-refractivity contribution is 0.111. The molecule has 1 heterocycles. The summed E-state index contributed by atoms with van der Waals surface area (Å²) < 4.78 is 5.05. The molecule has 1 rings (SSSR count). The summed E-state index contributed by atoms with van der Waals surface area (Å²) in [5.74, 6) is 0.784. The van der Waals surface area contributed by atoms with Gasteiger partial charge in [-0.1, -0.05) is 0 Å². The van der Waals surface area contributed by atoms with Gasteiger partial charge in [-0.05, 0) is 6.92 Å². The lowest BCUT2D eigenvalue weighted by Gasteiger charge is -2.05. The SMILES string of the molecule is COC(C)Cc1ncc(C=O)[nH]1. The molecule has 12 heavy (non-hydrogen) atoms. The molecule has 0 aliphatic rings. The van der Waals surface area contributed by atoms with E-state index in [4.69, 9.17) is 4.74 Å². The Balaban J connectivity index is 2.57. The van der Waals surface area contributed by atoms with Crippen molar-refractivity contribution in [1.29, 1.82) is 0 Å². The molecule has 4 heteroatoms. The van der Waals surface area contributed by atoms with Gasteiger partial charge in [-0.15, -0.1) is 0 Å². The Labute approximate surface area is 71.0 Å². The van der Waals surface area contributed by atoms with Crippen molar-refractivity contribution in [3.63, 3.8) is 0 Å². The third kappa shape index (κ3) is 2.17. The quantitative estimate of drug-likeness (QED) is 0.676. The second-order valence-electron chi connectivity index (χ2n) is 2.65. The van der Waals surface area contributed by atoms with Gasteiger partial charge < -0.3 is 9.72 Å². The molecule has 0 radical (unpaired) electrons. The zero-order chi connectivity index (χ0) is 8.97. The van der Waals surface area contributed by atoms with Gasteiger partial charge in [0.1, 0.15) is 5.82 Å². The van der Waals surface area contributed by atoms with Gasteiger partial charge in [0.25, 0.3) is 0 Å². The molecule has 1 aromatic heterocycles. The average Bonchev–Trinajstić information content (AvgIpc) is 2.52. The van der Waals surface area contributed by atoms with Crippen LogP contribution in [0.2, 0.25) is 0 Å². The number of nitrogens with zero attached hydrogens (tertiary/aromatic N) is 1. The number of aromatic amines is 1. The smallest absolute Gasteiger partial charge is 0.167 e. The Morgan fingerprint density at radius 1 is 1.83 bits per heavy atom. The van der Waals surface area contributed by atoms with Gasteiger partial charge in [0.15, 0.2) is 6.29 Å². The Hall–Kier alpha value is -1.16. The Kier molecular flexibility index (Phi) is 2.99. The van der Waals surface area contributed by atoms with E-state index in [-0.39, 0.29) is 6.10 Å². The van der Waals surface area contributed by atoms with Crippen LogP contribution in [0.5, 0.6) is 0 Å². The largest absolute Gasteiger partial charge is 0.381 e. The number of methoxy groups -OCH3 is 1. The van der Waals surface area contributed by atoms with Gasteiger partial charge in [0.2, 0.25) is 0 Å². The standard InChI is InChI=1S/C8H12N2O2/c1-6(12-2)3-8-9-4-7(5-11)10-8/h4-6H,3H2,1-2H3,(H,9,10). The number of imidazole rings is 1. The molecule has 0 bridgehead atoms. The Bertz CT molecular complexity index is 257. The van der Waals surface area contributed by atoms with E-state index in [1.54, 1.807) is 7.11 Å². The second-order valence-corrected chi connectivity index (χ2v) is 2.65. The minimum absolute atomic E-state index is 0.121. The molecule has 0 aliphatic heterocycles. The van der Waals surface area contributed by atoms with Crippen LogP contribution in [-0.2, 0) is 11.2 Å². The fraction of sp³-hybridized carbons (Fsp3) is 0.500. The molecule has 1 unspecified atom stereocenters. The first-order valence-corrected chi connectivity index (χ1v) is 3.78. The minimum Gasteiger partial charge on any atom is -0.381 e. The van der Waals surface area contributed by atoms with Gasteiger partial charge in [0.05, 0.1) is 18.0 Å². The molecule has 0 spiro atoms. The highest BCUT2D eigenvalue weighted by atomic mass is 16.5. The van der Waals surface area contributed by atoms with Crippen LogP contribution in [0.25, 0.3) is 0 Å². The number of carbonyl (C=O) groups is 1. The van der Waals surface area contributed by atoms with Gasteiger partial charge >= 0.3 is 0 Å². The lowest BCUT2D eigenvalue weighted by Crippen LogP contribution is -2.09. The maximum Gasteiger partial charge on any atom is 0.167 e. The van der Waals surface area contributed by atoms with Crippen LogP contribution in [0.15, 0.2) is 6.20 Å². The van der Waals surface area contributed by atoms with Crippen molar-refractivity contribution in [1.82, 2.24) is 9.97 Å². The summed E-state index contributed by atoms with van der Waals surface area (Å²) in [4.78, 5) is 17.1. The molecular formula is C8H12N2O2. The molecular weight excluding hydrogens is 156 g/mol. The highest BCUT2D eigenvalue weighted by Gasteiger charge is 2.04. The fourth-order valence-corrected chi connectivity index (χ4v) is 0.898. The van der Waals surface area contributed by atoms with Crippen LogP contribution in [-0.4, -0.2) is 29.5 Å². The minimum atomic E-state index is 0.121. The first-order valence-electron chi connectivity index (χ1n) is 3.78. The van der Waals surface area contributed by atoms with E-state index in [0.717, 1.165) is 12.1 Å². The average molecular weight is 168 g/mol. The van der Waals surface area contributed by atoms with E-state index < -0.39 is 0 Å². The number of ether oxygens (including phenoxy) is 1. The van der Waals surface area contributed by atoms with Crippen molar-refractivity contribution in [2.75, 3.05) is 7.11 Å². The molecule has 0 saturated heterocycles.